The summed E-state index contributed by atoms with van der Waals surface area (Å²) in [5.41, 5.74) is -2.79. The maximum Gasteiger partial charge on any atom is 0.416 e. The fraction of sp³-hybridized carbons (Fsp3) is 0.438. The molecule has 0 unspecified atom stereocenters. The average Bonchev–Trinajstić information content (AvgIpc) is 2.47. The number of Topliss-reactive ketones (excluding diaryl/α,β-unsaturated/α-hetero) is 1. The molecule has 1 aliphatic rings. The Morgan fingerprint density at radius 2 is 1.58 bits per heavy atom. The summed E-state index contributed by atoms with van der Waals surface area (Å²) in [4.78, 5) is 11.9. The number of halogens is 6. The van der Waals surface area contributed by atoms with Crippen LogP contribution in [0.5, 0.6) is 0 Å². The molecule has 0 aromatic heterocycles. The summed E-state index contributed by atoms with van der Waals surface area (Å²) in [7, 11) is 0. The van der Waals surface area contributed by atoms with Crippen molar-refractivity contribution in [2.75, 3.05) is 5.32 Å². The van der Waals surface area contributed by atoms with Crippen LogP contribution in [0.3, 0.4) is 0 Å². The second-order valence-electron chi connectivity index (χ2n) is 5.77. The number of allylic oxidation sites excluding steroid dienone is 1. The molecule has 1 fully saturated rings. The highest BCUT2D eigenvalue weighted by atomic mass is 19.4. The third-order valence-electron chi connectivity index (χ3n) is 3.85. The number of ketones is 1. The Morgan fingerprint density at radius 1 is 1.04 bits per heavy atom. The third kappa shape index (κ3) is 4.30. The van der Waals surface area contributed by atoms with E-state index in [0.29, 0.717) is 24.1 Å². The molecule has 1 N–H and O–H groups in total. The number of alkyl halides is 6. The van der Waals surface area contributed by atoms with Gasteiger partial charge < -0.3 is 5.32 Å². The Balaban J connectivity index is 2.34. The summed E-state index contributed by atoms with van der Waals surface area (Å²) >= 11 is 0. The molecular formula is C16H15F6NO. The largest absolute Gasteiger partial charge is 0.416 e. The summed E-state index contributed by atoms with van der Waals surface area (Å²) < 4.78 is 76.7. The first-order chi connectivity index (χ1) is 11.0. The number of hydrogen-bond donors (Lipinski definition) is 1. The van der Waals surface area contributed by atoms with Gasteiger partial charge in [-0.2, -0.15) is 26.3 Å². The van der Waals surface area contributed by atoms with Crippen LogP contribution in [-0.4, -0.2) is 5.78 Å². The maximum absolute atomic E-state index is 12.8. The SMILES string of the molecule is C[C@H]1CCC/C(=C/Nc2cc(C(F)(F)F)cc(C(F)(F)F)c2)C1=O. The van der Waals surface area contributed by atoms with Crippen molar-refractivity contribution in [3.05, 3.63) is 41.1 Å². The molecule has 1 aromatic rings. The van der Waals surface area contributed by atoms with E-state index in [1.165, 1.54) is 6.20 Å². The van der Waals surface area contributed by atoms with Crippen molar-refractivity contribution >= 4 is 11.5 Å². The monoisotopic (exact) mass is 351 g/mol. The summed E-state index contributed by atoms with van der Waals surface area (Å²) in [6.07, 6.45) is -6.69. The summed E-state index contributed by atoms with van der Waals surface area (Å²) in [5.74, 6) is -0.337. The van der Waals surface area contributed by atoms with Crippen LogP contribution in [0.4, 0.5) is 32.0 Å². The molecule has 2 nitrogen and oxygen atoms in total. The van der Waals surface area contributed by atoms with Gasteiger partial charge in [0.1, 0.15) is 0 Å². The van der Waals surface area contributed by atoms with Crippen LogP contribution in [0.2, 0.25) is 0 Å². The van der Waals surface area contributed by atoms with E-state index in [0.717, 1.165) is 12.8 Å². The van der Waals surface area contributed by atoms with Gasteiger partial charge in [0.25, 0.3) is 0 Å². The highest BCUT2D eigenvalue weighted by molar-refractivity contribution is 5.97. The number of carbonyl (C=O) groups excluding carboxylic acids is 1. The van der Waals surface area contributed by atoms with Crippen molar-refractivity contribution in [3.63, 3.8) is 0 Å². The van der Waals surface area contributed by atoms with E-state index in [9.17, 15) is 31.1 Å². The first kappa shape index (κ1) is 18.4. The lowest BCUT2D eigenvalue weighted by molar-refractivity contribution is -0.143. The average molecular weight is 351 g/mol. The lowest BCUT2D eigenvalue weighted by Gasteiger charge is -2.19. The molecule has 0 heterocycles. The van der Waals surface area contributed by atoms with E-state index in [4.69, 9.17) is 0 Å². The maximum atomic E-state index is 12.8. The predicted molar refractivity (Wildman–Crippen MR) is 76.2 cm³/mol. The minimum absolute atomic E-state index is 0.0617. The molecule has 0 bridgehead atoms. The third-order valence-corrected chi connectivity index (χ3v) is 3.85. The molecule has 8 heteroatoms. The Hall–Kier alpha value is -1.99. The normalized spacial score (nSPS) is 21.2. The number of anilines is 1. The number of carbonyl (C=O) groups is 1. The topological polar surface area (TPSA) is 29.1 Å². The first-order valence-electron chi connectivity index (χ1n) is 7.28. The highest BCUT2D eigenvalue weighted by Gasteiger charge is 2.37. The first-order valence-corrected chi connectivity index (χ1v) is 7.28. The van der Waals surface area contributed by atoms with E-state index < -0.39 is 23.5 Å². The van der Waals surface area contributed by atoms with Crippen LogP contribution in [0.15, 0.2) is 30.0 Å². The van der Waals surface area contributed by atoms with Gasteiger partial charge in [-0.15, -0.1) is 0 Å². The minimum atomic E-state index is -4.90. The van der Waals surface area contributed by atoms with Crippen molar-refractivity contribution in [2.45, 2.75) is 38.5 Å². The molecule has 0 spiro atoms. The van der Waals surface area contributed by atoms with Gasteiger partial charge in [0, 0.05) is 23.4 Å². The van der Waals surface area contributed by atoms with Gasteiger partial charge in [0.2, 0.25) is 0 Å². The van der Waals surface area contributed by atoms with Crippen molar-refractivity contribution in [3.8, 4) is 0 Å². The minimum Gasteiger partial charge on any atom is -0.361 e. The molecule has 0 radical (unpaired) electrons. The number of rotatable bonds is 2. The molecule has 0 amide bonds. The Bertz CT molecular complexity index is 627. The van der Waals surface area contributed by atoms with Crippen LogP contribution >= 0.6 is 0 Å². The van der Waals surface area contributed by atoms with Gasteiger partial charge in [-0.05, 0) is 37.5 Å². The van der Waals surface area contributed by atoms with Crippen molar-refractivity contribution < 1.29 is 31.1 Å². The van der Waals surface area contributed by atoms with Crippen molar-refractivity contribution in [1.82, 2.24) is 0 Å². The molecule has 1 aromatic carbocycles. The fourth-order valence-corrected chi connectivity index (χ4v) is 2.52. The van der Waals surface area contributed by atoms with E-state index in [2.05, 4.69) is 5.32 Å². The summed E-state index contributed by atoms with van der Waals surface area (Å²) in [6, 6.07) is 1.23. The van der Waals surface area contributed by atoms with E-state index in [1.54, 1.807) is 6.92 Å². The van der Waals surface area contributed by atoms with Gasteiger partial charge >= 0.3 is 12.4 Å². The Morgan fingerprint density at radius 3 is 2.08 bits per heavy atom. The molecule has 1 saturated carbocycles. The smallest absolute Gasteiger partial charge is 0.361 e. The second-order valence-corrected chi connectivity index (χ2v) is 5.77. The molecule has 0 aliphatic heterocycles. The van der Waals surface area contributed by atoms with E-state index in [1.807, 2.05) is 0 Å². The fourth-order valence-electron chi connectivity index (χ4n) is 2.52. The van der Waals surface area contributed by atoms with Crippen molar-refractivity contribution in [2.24, 2.45) is 5.92 Å². The molecule has 0 saturated heterocycles. The Labute approximate surface area is 134 Å². The Kier molecular flexibility index (Phi) is 4.96. The van der Waals surface area contributed by atoms with Gasteiger partial charge in [-0.1, -0.05) is 6.92 Å². The van der Waals surface area contributed by atoms with Crippen LogP contribution in [0.25, 0.3) is 0 Å². The highest BCUT2D eigenvalue weighted by Crippen LogP contribution is 2.37. The van der Waals surface area contributed by atoms with Gasteiger partial charge in [-0.3, -0.25) is 4.79 Å². The van der Waals surface area contributed by atoms with Gasteiger partial charge in [0.05, 0.1) is 11.1 Å². The molecule has 2 rings (SSSR count). The van der Waals surface area contributed by atoms with Crippen LogP contribution in [0.1, 0.15) is 37.3 Å². The summed E-state index contributed by atoms with van der Waals surface area (Å²) in [5, 5.41) is 2.41. The second kappa shape index (κ2) is 6.49. The molecule has 1 atom stereocenters. The summed E-state index contributed by atoms with van der Waals surface area (Å²) in [6.45, 7) is 1.74. The molecule has 132 valence electrons. The zero-order valence-corrected chi connectivity index (χ0v) is 12.7. The van der Waals surface area contributed by atoms with Crippen LogP contribution in [-0.2, 0) is 17.1 Å². The number of hydrogen-bond acceptors (Lipinski definition) is 2. The number of benzene rings is 1. The predicted octanol–water partition coefficient (Wildman–Crippen LogP) is 5.41. The lowest BCUT2D eigenvalue weighted by atomic mass is 9.86. The molecule has 24 heavy (non-hydrogen) atoms. The van der Waals surface area contributed by atoms with Gasteiger partial charge in [0.15, 0.2) is 5.78 Å². The van der Waals surface area contributed by atoms with Crippen LogP contribution in [0, 0.1) is 5.92 Å². The quantitative estimate of drug-likeness (QED) is 0.570. The standard InChI is InChI=1S/C16H15F6NO/c1-9-3-2-4-10(14(9)24)8-23-13-6-11(15(17,18)19)5-12(7-13)16(20,21)22/h5-9,23H,2-4H2,1H3/b10-8-/t9-/m0/s1. The van der Waals surface area contributed by atoms with E-state index >= 15 is 0 Å². The zero-order chi connectivity index (χ0) is 18.1. The van der Waals surface area contributed by atoms with Crippen molar-refractivity contribution in [1.29, 1.82) is 0 Å². The van der Waals surface area contributed by atoms with Crippen LogP contribution < -0.4 is 5.32 Å². The molecular weight excluding hydrogens is 336 g/mol. The lowest BCUT2D eigenvalue weighted by Crippen LogP contribution is -2.19. The molecule has 1 aliphatic carbocycles. The zero-order valence-electron chi connectivity index (χ0n) is 12.7. The van der Waals surface area contributed by atoms with Gasteiger partial charge in [-0.25, -0.2) is 0 Å². The van der Waals surface area contributed by atoms with E-state index in [-0.39, 0.29) is 23.5 Å². The number of nitrogens with one attached hydrogen (secondary N) is 1.